The van der Waals surface area contributed by atoms with Crippen molar-refractivity contribution in [3.05, 3.63) is 42.5 Å². The van der Waals surface area contributed by atoms with Gasteiger partial charge in [-0.1, -0.05) is 36.4 Å². The first-order chi connectivity index (χ1) is 5.38. The van der Waals surface area contributed by atoms with Gasteiger partial charge in [0.2, 0.25) is 0 Å². The van der Waals surface area contributed by atoms with Crippen LogP contribution in [0.1, 0.15) is 0 Å². The van der Waals surface area contributed by atoms with Crippen LogP contribution in [0, 0.1) is 0 Å². The molecule has 0 radical (unpaired) electrons. The van der Waals surface area contributed by atoms with E-state index < -0.39 is 0 Å². The van der Waals surface area contributed by atoms with E-state index >= 15 is 0 Å². The van der Waals surface area contributed by atoms with Crippen LogP contribution >= 0.6 is 0 Å². The second kappa shape index (κ2) is 3.22. The Hall–Kier alpha value is -1.57. The Morgan fingerprint density at radius 1 is 0.833 bits per heavy atom. The first kappa shape index (κ1) is 8.53. The van der Waals surface area contributed by atoms with Crippen LogP contribution in [-0.2, 0) is 0 Å². The average Bonchev–Trinajstić information content (AvgIpc) is 2.06. The standard InChI is InChI=1S/C10H8O.FH/c11-10-7-3-5-8-4-1-2-6-9(8)10;/h1-7,11H;1H. The summed E-state index contributed by atoms with van der Waals surface area (Å²) in [6, 6.07) is 13.3. The van der Waals surface area contributed by atoms with Crippen molar-refractivity contribution in [3.8, 4) is 5.75 Å². The van der Waals surface area contributed by atoms with Gasteiger partial charge in [-0.15, -0.1) is 0 Å². The van der Waals surface area contributed by atoms with Crippen LogP contribution in [0.5, 0.6) is 5.75 Å². The fourth-order valence-corrected chi connectivity index (χ4v) is 1.21. The third-order valence-electron chi connectivity index (χ3n) is 1.77. The second-order valence-corrected chi connectivity index (χ2v) is 2.50. The molecule has 1 nitrogen and oxygen atoms in total. The van der Waals surface area contributed by atoms with E-state index in [1.54, 1.807) is 6.07 Å². The molecule has 2 rings (SSSR count). The molecule has 0 spiro atoms. The van der Waals surface area contributed by atoms with Crippen molar-refractivity contribution in [3.63, 3.8) is 0 Å². The molecule has 0 atom stereocenters. The Labute approximate surface area is 69.6 Å². The molecule has 0 aliphatic rings. The van der Waals surface area contributed by atoms with E-state index in [9.17, 15) is 5.11 Å². The maximum atomic E-state index is 9.37. The molecule has 0 saturated heterocycles. The molecule has 12 heavy (non-hydrogen) atoms. The van der Waals surface area contributed by atoms with Crippen molar-refractivity contribution in [1.82, 2.24) is 0 Å². The molecular formula is C10H9FO. The number of phenols is 1. The Morgan fingerprint density at radius 2 is 1.50 bits per heavy atom. The number of hydrogen-bond donors (Lipinski definition) is 1. The summed E-state index contributed by atoms with van der Waals surface area (Å²) >= 11 is 0. The van der Waals surface area contributed by atoms with Crippen LogP contribution < -0.4 is 0 Å². The fourth-order valence-electron chi connectivity index (χ4n) is 1.21. The summed E-state index contributed by atoms with van der Waals surface area (Å²) in [5, 5.41) is 11.4. The predicted octanol–water partition coefficient (Wildman–Crippen LogP) is 2.70. The molecule has 2 aromatic carbocycles. The molecule has 0 aliphatic heterocycles. The smallest absolute Gasteiger partial charge is 0.123 e. The van der Waals surface area contributed by atoms with E-state index in [4.69, 9.17) is 0 Å². The largest absolute Gasteiger partial charge is 0.507 e. The van der Waals surface area contributed by atoms with E-state index in [1.807, 2.05) is 36.4 Å². The Bertz CT molecular complexity index is 379. The van der Waals surface area contributed by atoms with Crippen LogP contribution in [0.15, 0.2) is 42.5 Å². The highest BCUT2D eigenvalue weighted by Crippen LogP contribution is 2.22. The van der Waals surface area contributed by atoms with Crippen LogP contribution in [0.2, 0.25) is 0 Å². The van der Waals surface area contributed by atoms with E-state index in [0.717, 1.165) is 10.8 Å². The maximum absolute atomic E-state index is 9.37. The van der Waals surface area contributed by atoms with Gasteiger partial charge in [-0.25, -0.2) is 0 Å². The first-order valence-corrected chi connectivity index (χ1v) is 3.54. The fraction of sp³-hybridized carbons (Fsp3) is 0. The predicted molar refractivity (Wildman–Crippen MR) is 48.1 cm³/mol. The molecule has 2 aromatic rings. The minimum Gasteiger partial charge on any atom is -0.507 e. The molecule has 0 saturated carbocycles. The molecule has 0 heterocycles. The summed E-state index contributed by atoms with van der Waals surface area (Å²) in [4.78, 5) is 0. The highest BCUT2D eigenvalue weighted by Gasteiger charge is 1.94. The monoisotopic (exact) mass is 164 g/mol. The van der Waals surface area contributed by atoms with E-state index in [1.165, 1.54) is 0 Å². The number of benzene rings is 2. The molecule has 0 aromatic heterocycles. The van der Waals surface area contributed by atoms with Crippen molar-refractivity contribution in [1.29, 1.82) is 0 Å². The topological polar surface area (TPSA) is 20.2 Å². The number of fused-ring (bicyclic) bond motifs is 1. The molecule has 0 amide bonds. The van der Waals surface area contributed by atoms with E-state index in [0.29, 0.717) is 5.75 Å². The molecule has 62 valence electrons. The maximum Gasteiger partial charge on any atom is 0.123 e. The lowest BCUT2D eigenvalue weighted by atomic mass is 10.1. The Morgan fingerprint density at radius 3 is 2.25 bits per heavy atom. The lowest BCUT2D eigenvalue weighted by molar-refractivity contribution is 0.481. The number of aromatic hydroxyl groups is 1. The van der Waals surface area contributed by atoms with Gasteiger partial charge in [0.05, 0.1) is 0 Å². The van der Waals surface area contributed by atoms with E-state index in [2.05, 4.69) is 0 Å². The van der Waals surface area contributed by atoms with Crippen molar-refractivity contribution in [2.24, 2.45) is 0 Å². The highest BCUT2D eigenvalue weighted by molar-refractivity contribution is 5.87. The minimum absolute atomic E-state index is 0. The van der Waals surface area contributed by atoms with Gasteiger partial charge in [0.1, 0.15) is 5.75 Å². The summed E-state index contributed by atoms with van der Waals surface area (Å²) in [5.41, 5.74) is 0. The van der Waals surface area contributed by atoms with Gasteiger partial charge >= 0.3 is 0 Å². The zero-order chi connectivity index (χ0) is 7.68. The molecule has 0 aliphatic carbocycles. The summed E-state index contributed by atoms with van der Waals surface area (Å²) in [7, 11) is 0. The van der Waals surface area contributed by atoms with Crippen LogP contribution in [0.4, 0.5) is 4.70 Å². The molecule has 0 fully saturated rings. The summed E-state index contributed by atoms with van der Waals surface area (Å²) in [6.07, 6.45) is 0. The van der Waals surface area contributed by atoms with Crippen molar-refractivity contribution >= 4 is 10.8 Å². The number of phenolic OH excluding ortho intramolecular Hbond substituents is 1. The number of hydrogen-bond acceptors (Lipinski definition) is 1. The van der Waals surface area contributed by atoms with Crippen LogP contribution in [0.25, 0.3) is 10.8 Å². The normalized spacial score (nSPS) is 9.33. The second-order valence-electron chi connectivity index (χ2n) is 2.50. The zero-order valence-electron chi connectivity index (χ0n) is 6.40. The molecule has 1 N–H and O–H groups in total. The van der Waals surface area contributed by atoms with Gasteiger partial charge in [-0.05, 0) is 11.5 Å². The molecule has 0 unspecified atom stereocenters. The van der Waals surface area contributed by atoms with Crippen molar-refractivity contribution in [2.75, 3.05) is 0 Å². The highest BCUT2D eigenvalue weighted by atomic mass is 19.0. The Balaban J connectivity index is 0.000000720. The van der Waals surface area contributed by atoms with Crippen LogP contribution in [0.3, 0.4) is 0 Å². The Kier molecular flexibility index (Phi) is 2.29. The first-order valence-electron chi connectivity index (χ1n) is 3.54. The van der Waals surface area contributed by atoms with Gasteiger partial charge in [0, 0.05) is 5.39 Å². The summed E-state index contributed by atoms with van der Waals surface area (Å²) in [6.45, 7) is 0. The molecular weight excluding hydrogens is 155 g/mol. The number of halogens is 1. The van der Waals surface area contributed by atoms with Gasteiger partial charge in [-0.2, -0.15) is 0 Å². The van der Waals surface area contributed by atoms with Crippen molar-refractivity contribution in [2.45, 2.75) is 0 Å². The van der Waals surface area contributed by atoms with Crippen LogP contribution in [-0.4, -0.2) is 5.11 Å². The van der Waals surface area contributed by atoms with Gasteiger partial charge < -0.3 is 5.11 Å². The van der Waals surface area contributed by atoms with Gasteiger partial charge in [-0.3, -0.25) is 4.70 Å². The molecule has 2 heteroatoms. The molecule has 0 bridgehead atoms. The minimum atomic E-state index is 0. The third-order valence-corrected chi connectivity index (χ3v) is 1.77. The lowest BCUT2D eigenvalue weighted by Gasteiger charge is -1.97. The zero-order valence-corrected chi connectivity index (χ0v) is 6.40. The third kappa shape index (κ3) is 1.23. The average molecular weight is 164 g/mol. The van der Waals surface area contributed by atoms with Gasteiger partial charge in [0.25, 0.3) is 0 Å². The van der Waals surface area contributed by atoms with Crippen molar-refractivity contribution < 1.29 is 9.81 Å². The summed E-state index contributed by atoms with van der Waals surface area (Å²) < 4.78 is 0. The SMILES string of the molecule is F.Oc1cccc2ccccc12. The summed E-state index contributed by atoms with van der Waals surface area (Å²) in [5.74, 6) is 0.350. The van der Waals surface area contributed by atoms with E-state index in [-0.39, 0.29) is 4.70 Å². The quantitative estimate of drug-likeness (QED) is 0.634. The number of rotatable bonds is 0. The lowest BCUT2D eigenvalue weighted by Crippen LogP contribution is -1.70. The van der Waals surface area contributed by atoms with Gasteiger partial charge in [0.15, 0.2) is 0 Å².